The lowest BCUT2D eigenvalue weighted by Crippen LogP contribution is -2.07. The summed E-state index contributed by atoms with van der Waals surface area (Å²) in [7, 11) is 0. The number of nitrogens with zero attached hydrogens (tertiary/aromatic N) is 2. The molecule has 0 unspecified atom stereocenters. The lowest BCUT2D eigenvalue weighted by atomic mass is 10.1. The molecule has 17 heavy (non-hydrogen) atoms. The van der Waals surface area contributed by atoms with Gasteiger partial charge in [-0.15, -0.1) is 0 Å². The predicted octanol–water partition coefficient (Wildman–Crippen LogP) is 3.37. The average molecular weight is 360 g/mol. The van der Waals surface area contributed by atoms with E-state index < -0.39 is 11.6 Å². The van der Waals surface area contributed by atoms with Gasteiger partial charge in [-0.3, -0.25) is 14.8 Å². The van der Waals surface area contributed by atoms with Gasteiger partial charge in [-0.1, -0.05) is 0 Å². The summed E-state index contributed by atoms with van der Waals surface area (Å²) >= 11 is 6.45. The van der Waals surface area contributed by atoms with E-state index in [-0.39, 0.29) is 11.3 Å². The lowest BCUT2D eigenvalue weighted by molar-refractivity contribution is 0.102. The number of aromatic nitrogens is 2. The average Bonchev–Trinajstić information content (AvgIpc) is 2.29. The summed E-state index contributed by atoms with van der Waals surface area (Å²) in [6.45, 7) is 0. The molecule has 0 fully saturated rings. The first-order valence-corrected chi connectivity index (χ1v) is 6.13. The summed E-state index contributed by atoms with van der Waals surface area (Å²) in [6.07, 6.45) is 3.85. The highest BCUT2D eigenvalue weighted by Crippen LogP contribution is 2.22. The molecule has 86 valence electrons. The van der Waals surface area contributed by atoms with Crippen molar-refractivity contribution in [3.8, 4) is 0 Å². The Morgan fingerprint density at radius 1 is 1.29 bits per heavy atom. The third-order valence-electron chi connectivity index (χ3n) is 2.04. The number of pyridine rings is 2. The second kappa shape index (κ2) is 5.01. The Labute approximate surface area is 113 Å². The maximum Gasteiger partial charge on any atom is 0.215 e. The van der Waals surface area contributed by atoms with Crippen molar-refractivity contribution in [2.24, 2.45) is 0 Å². The zero-order chi connectivity index (χ0) is 12.4. The van der Waals surface area contributed by atoms with Gasteiger partial charge in [0.15, 0.2) is 5.82 Å². The van der Waals surface area contributed by atoms with Crippen LogP contribution in [0, 0.1) is 5.82 Å². The van der Waals surface area contributed by atoms with Crippen LogP contribution in [0.15, 0.2) is 39.7 Å². The van der Waals surface area contributed by atoms with Crippen molar-refractivity contribution in [1.82, 2.24) is 9.97 Å². The molecule has 0 N–H and O–H groups in total. The molecule has 0 aliphatic rings. The minimum Gasteiger partial charge on any atom is -0.287 e. The van der Waals surface area contributed by atoms with Gasteiger partial charge >= 0.3 is 0 Å². The smallest absolute Gasteiger partial charge is 0.215 e. The van der Waals surface area contributed by atoms with Crippen LogP contribution in [0.2, 0.25) is 0 Å². The highest BCUT2D eigenvalue weighted by Gasteiger charge is 2.17. The van der Waals surface area contributed by atoms with Crippen molar-refractivity contribution in [2.75, 3.05) is 0 Å². The Hall–Kier alpha value is -1.14. The van der Waals surface area contributed by atoms with Crippen LogP contribution in [0.5, 0.6) is 0 Å². The Kier molecular flexibility index (Phi) is 3.63. The van der Waals surface area contributed by atoms with Gasteiger partial charge in [0, 0.05) is 21.3 Å². The van der Waals surface area contributed by atoms with Gasteiger partial charge in [-0.25, -0.2) is 4.39 Å². The molecule has 0 aromatic carbocycles. The third-order valence-corrected chi connectivity index (χ3v) is 3.08. The molecule has 2 aromatic heterocycles. The van der Waals surface area contributed by atoms with Crippen LogP contribution in [0.25, 0.3) is 0 Å². The molecule has 0 bridgehead atoms. The third kappa shape index (κ3) is 2.58. The van der Waals surface area contributed by atoms with E-state index in [2.05, 4.69) is 41.8 Å². The first kappa shape index (κ1) is 12.3. The Morgan fingerprint density at radius 2 is 2.06 bits per heavy atom. The SMILES string of the molecule is O=C(c1ccncc1F)c1ncc(Br)cc1Br. The highest BCUT2D eigenvalue weighted by molar-refractivity contribution is 9.11. The van der Waals surface area contributed by atoms with E-state index in [1.165, 1.54) is 18.5 Å². The van der Waals surface area contributed by atoms with Crippen LogP contribution in [-0.4, -0.2) is 15.8 Å². The second-order valence-electron chi connectivity index (χ2n) is 3.17. The van der Waals surface area contributed by atoms with Crippen LogP contribution in [0.1, 0.15) is 16.1 Å². The molecule has 0 saturated carbocycles. The van der Waals surface area contributed by atoms with Crippen LogP contribution in [-0.2, 0) is 0 Å². The van der Waals surface area contributed by atoms with Gasteiger partial charge in [0.2, 0.25) is 5.78 Å². The van der Waals surface area contributed by atoms with E-state index in [4.69, 9.17) is 0 Å². The molecule has 3 nitrogen and oxygen atoms in total. The molecule has 0 atom stereocenters. The van der Waals surface area contributed by atoms with E-state index >= 15 is 0 Å². The summed E-state index contributed by atoms with van der Waals surface area (Å²) < 4.78 is 14.6. The van der Waals surface area contributed by atoms with E-state index in [0.717, 1.165) is 10.7 Å². The lowest BCUT2D eigenvalue weighted by Gasteiger charge is -2.03. The molecule has 2 rings (SSSR count). The molecule has 2 heterocycles. The highest BCUT2D eigenvalue weighted by atomic mass is 79.9. The molecular formula is C11H5Br2FN2O. The Balaban J connectivity index is 2.48. The summed E-state index contributed by atoms with van der Waals surface area (Å²) in [5.74, 6) is -1.14. The largest absolute Gasteiger partial charge is 0.287 e. The molecule has 0 saturated heterocycles. The van der Waals surface area contributed by atoms with E-state index in [0.29, 0.717) is 4.47 Å². The van der Waals surface area contributed by atoms with Gasteiger partial charge in [-0.05, 0) is 44.0 Å². The van der Waals surface area contributed by atoms with Gasteiger partial charge < -0.3 is 0 Å². The number of ketones is 1. The van der Waals surface area contributed by atoms with Crippen LogP contribution in [0.3, 0.4) is 0 Å². The van der Waals surface area contributed by atoms with Crippen LogP contribution < -0.4 is 0 Å². The molecule has 0 spiro atoms. The van der Waals surface area contributed by atoms with E-state index in [1.807, 2.05) is 0 Å². The number of carbonyl (C=O) groups is 1. The summed E-state index contributed by atoms with van der Waals surface area (Å²) in [6, 6.07) is 3.01. The Bertz CT molecular complexity index is 589. The standard InChI is InChI=1S/C11H5Br2FN2O/c12-6-3-8(13)10(16-4-6)11(17)7-1-2-15-5-9(7)14/h1-5H. The maximum atomic E-state index is 13.4. The first-order valence-electron chi connectivity index (χ1n) is 4.55. The molecule has 0 radical (unpaired) electrons. The minimum atomic E-state index is -0.658. The fourth-order valence-electron chi connectivity index (χ4n) is 1.27. The molecule has 0 aliphatic heterocycles. The van der Waals surface area contributed by atoms with Gasteiger partial charge in [0.25, 0.3) is 0 Å². The van der Waals surface area contributed by atoms with Crippen LogP contribution >= 0.6 is 31.9 Å². The van der Waals surface area contributed by atoms with Crippen LogP contribution in [0.4, 0.5) is 4.39 Å². The zero-order valence-electron chi connectivity index (χ0n) is 8.32. The summed E-state index contributed by atoms with van der Waals surface area (Å²) in [4.78, 5) is 19.6. The quantitative estimate of drug-likeness (QED) is 0.772. The summed E-state index contributed by atoms with van der Waals surface area (Å²) in [5.41, 5.74) is 0.119. The van der Waals surface area contributed by atoms with Crippen molar-refractivity contribution < 1.29 is 9.18 Å². The van der Waals surface area contributed by atoms with Gasteiger partial charge in [0.1, 0.15) is 5.69 Å². The number of halogens is 3. The van der Waals surface area contributed by atoms with Crippen molar-refractivity contribution in [3.05, 3.63) is 56.7 Å². The van der Waals surface area contributed by atoms with Gasteiger partial charge in [-0.2, -0.15) is 0 Å². The topological polar surface area (TPSA) is 42.9 Å². The number of rotatable bonds is 2. The second-order valence-corrected chi connectivity index (χ2v) is 4.94. The number of hydrogen-bond acceptors (Lipinski definition) is 3. The minimum absolute atomic E-state index is 0.0458. The molecular weight excluding hydrogens is 355 g/mol. The maximum absolute atomic E-state index is 13.4. The molecule has 0 aliphatic carbocycles. The number of hydrogen-bond donors (Lipinski definition) is 0. The monoisotopic (exact) mass is 358 g/mol. The van der Waals surface area contributed by atoms with Crippen molar-refractivity contribution in [3.63, 3.8) is 0 Å². The molecule has 6 heteroatoms. The van der Waals surface area contributed by atoms with Gasteiger partial charge in [0.05, 0.1) is 11.8 Å². The fraction of sp³-hybridized carbons (Fsp3) is 0. The fourth-order valence-corrected chi connectivity index (χ4v) is 2.44. The Morgan fingerprint density at radius 3 is 2.71 bits per heavy atom. The first-order chi connectivity index (χ1) is 8.09. The van der Waals surface area contributed by atoms with E-state index in [9.17, 15) is 9.18 Å². The normalized spacial score (nSPS) is 10.3. The summed E-state index contributed by atoms with van der Waals surface area (Å²) in [5, 5.41) is 0. The zero-order valence-corrected chi connectivity index (χ0v) is 11.5. The van der Waals surface area contributed by atoms with Crippen molar-refractivity contribution >= 4 is 37.6 Å². The predicted molar refractivity (Wildman–Crippen MR) is 67.3 cm³/mol. The number of carbonyl (C=O) groups excluding carboxylic acids is 1. The van der Waals surface area contributed by atoms with E-state index in [1.54, 1.807) is 6.07 Å². The van der Waals surface area contributed by atoms with Crippen molar-refractivity contribution in [2.45, 2.75) is 0 Å². The molecule has 2 aromatic rings. The molecule has 0 amide bonds. The van der Waals surface area contributed by atoms with Crippen molar-refractivity contribution in [1.29, 1.82) is 0 Å².